The first kappa shape index (κ1) is 27.0. The highest BCUT2D eigenvalue weighted by molar-refractivity contribution is 6.48. The molecule has 2 aliphatic rings. The summed E-state index contributed by atoms with van der Waals surface area (Å²) < 4.78 is 12.0. The van der Waals surface area contributed by atoms with Crippen molar-refractivity contribution in [1.29, 1.82) is 0 Å². The minimum Gasteiger partial charge on any atom is -0.508 e. The number of anilines is 1. The number of ketones is 2. The standard InChI is InChI=1S/C29H24ClNO9/c1-13(2)7-21(26(35)22(34)12-30)31-20-9-14(27(36)37)8-19-25(20)28(38)40-29(19)17-5-3-15(32)10-23(17)39-24-11-16(33)4-6-18(24)29/h3-6,8-11,13,21,31-33H,7,12H2,1-2H3,(H,36,37)/t21-/m0/s1. The lowest BCUT2D eigenvalue weighted by Crippen LogP contribution is -2.37. The molecule has 40 heavy (non-hydrogen) atoms. The summed E-state index contributed by atoms with van der Waals surface area (Å²) in [6, 6.07) is 9.77. The van der Waals surface area contributed by atoms with Gasteiger partial charge in [-0.05, 0) is 48.7 Å². The molecule has 1 spiro atoms. The minimum absolute atomic E-state index is 0.00899. The van der Waals surface area contributed by atoms with Gasteiger partial charge in [-0.25, -0.2) is 9.59 Å². The first-order chi connectivity index (χ1) is 19.0. The predicted molar refractivity (Wildman–Crippen MR) is 143 cm³/mol. The number of hydrogen-bond acceptors (Lipinski definition) is 9. The molecule has 2 heterocycles. The number of fused-ring (bicyclic) bond motifs is 6. The lowest BCUT2D eigenvalue weighted by atomic mass is 9.77. The lowest BCUT2D eigenvalue weighted by molar-refractivity contribution is -0.135. The van der Waals surface area contributed by atoms with Gasteiger partial charge in [0.25, 0.3) is 0 Å². The van der Waals surface area contributed by atoms with E-state index in [0.29, 0.717) is 11.1 Å². The van der Waals surface area contributed by atoms with Gasteiger partial charge in [-0.2, -0.15) is 0 Å². The van der Waals surface area contributed by atoms with E-state index in [0.717, 1.165) is 0 Å². The molecule has 3 aromatic carbocycles. The van der Waals surface area contributed by atoms with Crippen LogP contribution in [-0.2, 0) is 19.9 Å². The average Bonchev–Trinajstić information content (AvgIpc) is 3.19. The third-order valence-corrected chi connectivity index (χ3v) is 7.12. The van der Waals surface area contributed by atoms with E-state index in [-0.39, 0.29) is 57.7 Å². The van der Waals surface area contributed by atoms with Crippen molar-refractivity contribution in [3.05, 3.63) is 76.3 Å². The third kappa shape index (κ3) is 4.30. The van der Waals surface area contributed by atoms with Gasteiger partial charge < -0.3 is 30.1 Å². The van der Waals surface area contributed by atoms with Crippen molar-refractivity contribution in [2.75, 3.05) is 11.2 Å². The van der Waals surface area contributed by atoms with Crippen LogP contribution in [0.3, 0.4) is 0 Å². The van der Waals surface area contributed by atoms with Crippen molar-refractivity contribution >= 4 is 40.8 Å². The molecule has 0 bridgehead atoms. The highest BCUT2D eigenvalue weighted by atomic mass is 35.5. The van der Waals surface area contributed by atoms with Crippen LogP contribution in [-0.4, -0.2) is 50.7 Å². The number of carboxylic acid groups (broad SMARTS) is 1. The maximum atomic E-state index is 13.6. The molecule has 0 amide bonds. The Bertz CT molecular complexity index is 1550. The Morgan fingerprint density at radius 2 is 1.55 bits per heavy atom. The summed E-state index contributed by atoms with van der Waals surface area (Å²) in [7, 11) is 0. The van der Waals surface area contributed by atoms with Gasteiger partial charge >= 0.3 is 11.9 Å². The summed E-state index contributed by atoms with van der Waals surface area (Å²) in [5, 5.41) is 33.2. The molecule has 1 atom stereocenters. The number of alkyl halides is 1. The fourth-order valence-electron chi connectivity index (χ4n) is 5.21. The van der Waals surface area contributed by atoms with Crippen LogP contribution in [0.2, 0.25) is 0 Å². The maximum Gasteiger partial charge on any atom is 0.342 e. The second-order valence-electron chi connectivity index (χ2n) is 10.0. The molecular formula is C29H24ClNO9. The van der Waals surface area contributed by atoms with Crippen molar-refractivity contribution in [2.45, 2.75) is 31.9 Å². The zero-order valence-corrected chi connectivity index (χ0v) is 22.1. The highest BCUT2D eigenvalue weighted by Gasteiger charge is 2.55. The monoisotopic (exact) mass is 565 g/mol. The van der Waals surface area contributed by atoms with E-state index in [1.54, 1.807) is 0 Å². The fraction of sp³-hybridized carbons (Fsp3) is 0.241. The average molecular weight is 566 g/mol. The van der Waals surface area contributed by atoms with E-state index in [4.69, 9.17) is 21.1 Å². The van der Waals surface area contributed by atoms with Crippen molar-refractivity contribution in [2.24, 2.45) is 5.92 Å². The summed E-state index contributed by atoms with van der Waals surface area (Å²) in [6.07, 6.45) is 0.200. The molecule has 5 rings (SSSR count). The van der Waals surface area contributed by atoms with Gasteiger partial charge in [-0.3, -0.25) is 9.59 Å². The molecular weight excluding hydrogens is 542 g/mol. The van der Waals surface area contributed by atoms with Crippen LogP contribution in [0.4, 0.5) is 5.69 Å². The molecule has 0 saturated heterocycles. The van der Waals surface area contributed by atoms with Crippen molar-refractivity contribution in [3.63, 3.8) is 0 Å². The number of benzene rings is 3. The molecule has 0 fully saturated rings. The number of esters is 1. The van der Waals surface area contributed by atoms with E-state index in [1.165, 1.54) is 48.5 Å². The Labute approximate surface area is 233 Å². The van der Waals surface area contributed by atoms with E-state index in [2.05, 4.69) is 5.32 Å². The van der Waals surface area contributed by atoms with Gasteiger partial charge in [0, 0.05) is 28.8 Å². The molecule has 4 N–H and O–H groups in total. The minimum atomic E-state index is -1.72. The van der Waals surface area contributed by atoms with Gasteiger partial charge in [-0.15, -0.1) is 11.6 Å². The molecule has 0 aromatic heterocycles. The van der Waals surface area contributed by atoms with Crippen molar-refractivity contribution in [1.82, 2.24) is 0 Å². The lowest BCUT2D eigenvalue weighted by Gasteiger charge is -2.36. The number of carbonyl (C=O) groups is 4. The number of hydrogen-bond donors (Lipinski definition) is 4. The maximum absolute atomic E-state index is 13.6. The van der Waals surface area contributed by atoms with Crippen molar-refractivity contribution in [3.8, 4) is 23.0 Å². The van der Waals surface area contributed by atoms with E-state index in [1.807, 2.05) is 13.8 Å². The molecule has 0 saturated carbocycles. The van der Waals surface area contributed by atoms with Gasteiger partial charge in [0.2, 0.25) is 11.6 Å². The fourth-order valence-corrected chi connectivity index (χ4v) is 5.34. The van der Waals surface area contributed by atoms with E-state index >= 15 is 0 Å². The molecule has 2 aliphatic heterocycles. The van der Waals surface area contributed by atoms with Crippen LogP contribution in [0.15, 0.2) is 48.5 Å². The highest BCUT2D eigenvalue weighted by Crippen LogP contribution is 2.58. The van der Waals surface area contributed by atoms with Crippen LogP contribution in [0, 0.1) is 5.92 Å². The largest absolute Gasteiger partial charge is 0.508 e. The zero-order valence-electron chi connectivity index (χ0n) is 21.4. The first-order valence-corrected chi connectivity index (χ1v) is 12.9. The summed E-state index contributed by atoms with van der Waals surface area (Å²) in [4.78, 5) is 51.0. The topological polar surface area (TPSA) is 159 Å². The number of aromatic hydroxyl groups is 2. The first-order valence-electron chi connectivity index (χ1n) is 12.4. The second-order valence-corrected chi connectivity index (χ2v) is 10.3. The van der Waals surface area contributed by atoms with Gasteiger partial charge in [0.05, 0.1) is 28.7 Å². The third-order valence-electron chi connectivity index (χ3n) is 6.87. The number of carboxylic acids is 1. The SMILES string of the molecule is CC(C)C[C@H](Nc1cc(C(=O)O)cc2c1C(=O)OC21c2ccc(O)cc2Oc2cc(O)ccc21)C(=O)C(=O)CCl. The number of ether oxygens (including phenoxy) is 2. The Kier molecular flexibility index (Phi) is 6.67. The zero-order chi connectivity index (χ0) is 28.9. The normalized spacial score (nSPS) is 14.9. The Balaban J connectivity index is 1.78. The van der Waals surface area contributed by atoms with Crippen LogP contribution in [0.5, 0.6) is 23.0 Å². The molecule has 11 heteroatoms. The number of Topliss-reactive ketones (excluding diaryl/α,β-unsaturated/α-hetero) is 2. The second kappa shape index (κ2) is 9.87. The number of phenolic OH excluding ortho intramolecular Hbond substituents is 2. The van der Waals surface area contributed by atoms with Gasteiger partial charge in [0.1, 0.15) is 23.0 Å². The summed E-state index contributed by atoms with van der Waals surface area (Å²) >= 11 is 5.63. The number of aromatic carboxylic acids is 1. The number of carbonyl (C=O) groups excluding carboxylic acids is 3. The van der Waals surface area contributed by atoms with Crippen molar-refractivity contribution < 1.29 is 44.0 Å². The van der Waals surface area contributed by atoms with E-state index < -0.39 is 41.0 Å². The smallest absolute Gasteiger partial charge is 0.342 e. The summed E-state index contributed by atoms with van der Waals surface area (Å²) in [5.41, 5.74) is -1.24. The number of nitrogens with one attached hydrogen (secondary N) is 1. The molecule has 206 valence electrons. The Morgan fingerprint density at radius 1 is 0.950 bits per heavy atom. The summed E-state index contributed by atoms with van der Waals surface area (Å²) in [5.74, 6) is -4.37. The molecule has 0 radical (unpaired) electrons. The van der Waals surface area contributed by atoms with Gasteiger partial charge in [-0.1, -0.05) is 13.8 Å². The molecule has 10 nitrogen and oxygen atoms in total. The quantitative estimate of drug-likeness (QED) is 0.173. The number of phenols is 2. The predicted octanol–water partition coefficient (Wildman–Crippen LogP) is 4.57. The van der Waals surface area contributed by atoms with Crippen LogP contribution in [0.25, 0.3) is 0 Å². The molecule has 3 aromatic rings. The molecule has 0 unspecified atom stereocenters. The Morgan fingerprint density at radius 3 is 2.08 bits per heavy atom. The van der Waals surface area contributed by atoms with Crippen LogP contribution >= 0.6 is 11.6 Å². The summed E-state index contributed by atoms with van der Waals surface area (Å²) in [6.45, 7) is 3.68. The van der Waals surface area contributed by atoms with Gasteiger partial charge in [0.15, 0.2) is 5.60 Å². The Hall–Kier alpha value is -4.57. The van der Waals surface area contributed by atoms with Crippen LogP contribution < -0.4 is 10.1 Å². The van der Waals surface area contributed by atoms with E-state index in [9.17, 15) is 34.5 Å². The number of halogens is 1. The number of rotatable bonds is 8. The van der Waals surface area contributed by atoms with Crippen LogP contribution in [0.1, 0.15) is 57.7 Å². The molecule has 0 aliphatic carbocycles.